The van der Waals surface area contributed by atoms with Crippen LogP contribution in [0.25, 0.3) is 10.9 Å². The van der Waals surface area contributed by atoms with Crippen LogP contribution in [0.5, 0.6) is 0 Å². The Balaban J connectivity index is 1.52. The minimum absolute atomic E-state index is 0.0438. The Morgan fingerprint density at radius 2 is 1.62 bits per heavy atom. The number of aryl methyl sites for hydroxylation is 3. The smallest absolute Gasteiger partial charge is 0.245 e. The highest BCUT2D eigenvalue weighted by Gasteiger charge is 2.39. The van der Waals surface area contributed by atoms with Crippen LogP contribution in [0.2, 0.25) is 0 Å². The van der Waals surface area contributed by atoms with Gasteiger partial charge in [0.2, 0.25) is 29.5 Å². The fraction of sp³-hybridized carbons (Fsp3) is 0.486. The number of aromatic nitrogens is 1. The summed E-state index contributed by atoms with van der Waals surface area (Å²) in [6.45, 7) is 11.4. The van der Waals surface area contributed by atoms with Gasteiger partial charge >= 0.3 is 0 Å². The summed E-state index contributed by atoms with van der Waals surface area (Å²) in [5.41, 5.74) is 5.78. The number of carbonyl (C=O) groups is 5. The lowest BCUT2D eigenvalue weighted by molar-refractivity contribution is -0.142. The van der Waals surface area contributed by atoms with E-state index in [-0.39, 0.29) is 49.1 Å². The molecular formula is C37H48N6O5. The minimum Gasteiger partial charge on any atom is -0.358 e. The molecule has 0 unspecified atom stereocenters. The molecule has 0 spiro atoms. The van der Waals surface area contributed by atoms with E-state index in [0.717, 1.165) is 38.9 Å². The highest BCUT2D eigenvalue weighted by Crippen LogP contribution is 2.29. The maximum atomic E-state index is 14.3. The zero-order valence-corrected chi connectivity index (χ0v) is 28.8. The molecule has 2 fully saturated rings. The number of rotatable bonds is 5. The summed E-state index contributed by atoms with van der Waals surface area (Å²) in [6, 6.07) is 10.6. The standard InChI is InChI=1S/C37H48N6O5/c1-21(2)33-36(47)40-27(17-26-11-8-7-9-12-26)19-42(31(45)18-28-24(5)39-34-23(4)15-14-22(3)32(28)34)20-30(44)38-25(6)37(48)43-16-10-13-29(43)35(46)41-33/h7-9,11-12,14-15,21,25,27,29,33,39H,10,13,16-20H2,1-6H3,(H,38,44)(H,40,47)(H,41,46)/t25-,27-,29+,33-/m0/s1. The van der Waals surface area contributed by atoms with Crippen LogP contribution in [0.1, 0.15) is 61.6 Å². The van der Waals surface area contributed by atoms with Gasteiger partial charge < -0.3 is 30.7 Å². The Morgan fingerprint density at radius 3 is 2.33 bits per heavy atom. The highest BCUT2D eigenvalue weighted by atomic mass is 16.2. The molecule has 3 heterocycles. The van der Waals surface area contributed by atoms with E-state index < -0.39 is 30.1 Å². The second-order valence-electron chi connectivity index (χ2n) is 13.7. The van der Waals surface area contributed by atoms with Crippen LogP contribution in [0.3, 0.4) is 0 Å². The fourth-order valence-electron chi connectivity index (χ4n) is 7.03. The second kappa shape index (κ2) is 14.6. The zero-order valence-electron chi connectivity index (χ0n) is 28.8. The Bertz CT molecular complexity index is 1700. The first-order chi connectivity index (χ1) is 22.8. The molecular weight excluding hydrogens is 608 g/mol. The number of aromatic amines is 1. The van der Waals surface area contributed by atoms with Gasteiger partial charge in [0, 0.05) is 29.7 Å². The number of nitrogens with zero attached hydrogens (tertiary/aromatic N) is 2. The molecule has 1 aromatic heterocycles. The molecule has 5 amide bonds. The third-order valence-electron chi connectivity index (χ3n) is 9.65. The molecule has 3 aromatic rings. The predicted octanol–water partition coefficient (Wildman–Crippen LogP) is 2.84. The third kappa shape index (κ3) is 7.55. The number of nitrogens with one attached hydrogen (secondary N) is 4. The van der Waals surface area contributed by atoms with Crippen molar-refractivity contribution in [3.63, 3.8) is 0 Å². The summed E-state index contributed by atoms with van der Waals surface area (Å²) in [5, 5.41) is 9.80. The Morgan fingerprint density at radius 1 is 0.917 bits per heavy atom. The Labute approximate surface area is 282 Å². The van der Waals surface area contributed by atoms with Gasteiger partial charge in [0.15, 0.2) is 0 Å². The van der Waals surface area contributed by atoms with E-state index in [9.17, 15) is 24.0 Å². The van der Waals surface area contributed by atoms with Gasteiger partial charge in [-0.05, 0) is 75.1 Å². The van der Waals surface area contributed by atoms with E-state index >= 15 is 0 Å². The van der Waals surface area contributed by atoms with Crippen molar-refractivity contribution in [2.45, 2.75) is 91.4 Å². The molecule has 2 aliphatic heterocycles. The summed E-state index contributed by atoms with van der Waals surface area (Å²) in [7, 11) is 0. The second-order valence-corrected chi connectivity index (χ2v) is 13.7. The lowest BCUT2D eigenvalue weighted by atomic mass is 9.99. The molecule has 256 valence electrons. The molecule has 0 saturated carbocycles. The number of H-pyrrole nitrogens is 1. The van der Waals surface area contributed by atoms with Crippen LogP contribution in [-0.4, -0.2) is 88.1 Å². The van der Waals surface area contributed by atoms with Gasteiger partial charge in [0.25, 0.3) is 0 Å². The number of benzene rings is 2. The van der Waals surface area contributed by atoms with Crippen molar-refractivity contribution in [1.82, 2.24) is 30.7 Å². The van der Waals surface area contributed by atoms with Crippen molar-refractivity contribution in [1.29, 1.82) is 0 Å². The first kappa shape index (κ1) is 34.7. The van der Waals surface area contributed by atoms with Crippen LogP contribution >= 0.6 is 0 Å². The predicted molar refractivity (Wildman–Crippen MR) is 184 cm³/mol. The molecule has 2 aliphatic rings. The Hall–Kier alpha value is -4.67. The maximum Gasteiger partial charge on any atom is 0.245 e. The number of hydrogen-bond acceptors (Lipinski definition) is 5. The van der Waals surface area contributed by atoms with Gasteiger partial charge in [-0.3, -0.25) is 24.0 Å². The Kier molecular flexibility index (Phi) is 10.6. The quantitative estimate of drug-likeness (QED) is 0.334. The average Bonchev–Trinajstić information content (AvgIpc) is 3.66. The van der Waals surface area contributed by atoms with E-state index in [1.807, 2.05) is 77.1 Å². The van der Waals surface area contributed by atoms with Crippen LogP contribution in [0.4, 0.5) is 0 Å². The summed E-state index contributed by atoms with van der Waals surface area (Å²) in [4.78, 5) is 75.2. The zero-order chi connectivity index (χ0) is 34.7. The summed E-state index contributed by atoms with van der Waals surface area (Å²) in [6.07, 6.45) is 1.54. The van der Waals surface area contributed by atoms with Crippen molar-refractivity contribution in [3.8, 4) is 0 Å². The van der Waals surface area contributed by atoms with E-state index in [1.54, 1.807) is 6.92 Å². The highest BCUT2D eigenvalue weighted by molar-refractivity contribution is 5.97. The summed E-state index contributed by atoms with van der Waals surface area (Å²) in [5.74, 6) is -2.16. The minimum atomic E-state index is -0.907. The third-order valence-corrected chi connectivity index (χ3v) is 9.65. The largest absolute Gasteiger partial charge is 0.358 e. The maximum absolute atomic E-state index is 14.3. The van der Waals surface area contributed by atoms with Crippen molar-refractivity contribution in [2.24, 2.45) is 5.92 Å². The molecule has 5 rings (SSSR count). The van der Waals surface area contributed by atoms with Crippen molar-refractivity contribution >= 4 is 40.4 Å². The summed E-state index contributed by atoms with van der Waals surface area (Å²) < 4.78 is 0. The first-order valence-corrected chi connectivity index (χ1v) is 16.9. The number of carbonyl (C=O) groups excluding carboxylic acids is 5. The first-order valence-electron chi connectivity index (χ1n) is 16.9. The number of fused-ring (bicyclic) bond motifs is 2. The van der Waals surface area contributed by atoms with Gasteiger partial charge in [0.05, 0.1) is 19.0 Å². The average molecular weight is 657 g/mol. The van der Waals surface area contributed by atoms with Crippen LogP contribution < -0.4 is 16.0 Å². The van der Waals surface area contributed by atoms with Crippen molar-refractivity contribution in [3.05, 3.63) is 70.4 Å². The molecule has 2 saturated heterocycles. The summed E-state index contributed by atoms with van der Waals surface area (Å²) >= 11 is 0. The van der Waals surface area contributed by atoms with Gasteiger partial charge in [-0.15, -0.1) is 0 Å². The number of amides is 5. The topological polar surface area (TPSA) is 144 Å². The SMILES string of the molecule is Cc1[nH]c2c(C)ccc(C)c2c1CC(=O)N1CC(=O)N[C@@H](C)C(=O)N2CCC[C@@H]2C(=O)N[C@@H](C(C)C)C(=O)N[C@@H](Cc2ccccc2)C1. The molecule has 4 atom stereocenters. The van der Waals surface area contributed by atoms with E-state index in [4.69, 9.17) is 0 Å². The van der Waals surface area contributed by atoms with Crippen molar-refractivity contribution in [2.75, 3.05) is 19.6 Å². The fourth-order valence-corrected chi connectivity index (χ4v) is 7.03. The van der Waals surface area contributed by atoms with E-state index in [0.29, 0.717) is 25.8 Å². The van der Waals surface area contributed by atoms with Gasteiger partial charge in [-0.25, -0.2) is 0 Å². The van der Waals surface area contributed by atoms with Gasteiger partial charge in [-0.2, -0.15) is 0 Å². The molecule has 0 aliphatic carbocycles. The normalized spacial score (nSPS) is 23.0. The van der Waals surface area contributed by atoms with E-state index in [1.165, 1.54) is 9.80 Å². The van der Waals surface area contributed by atoms with E-state index in [2.05, 4.69) is 20.9 Å². The van der Waals surface area contributed by atoms with Crippen LogP contribution in [-0.2, 0) is 36.8 Å². The number of hydrogen-bond donors (Lipinski definition) is 4. The molecule has 0 bridgehead atoms. The molecule has 0 radical (unpaired) electrons. The molecule has 48 heavy (non-hydrogen) atoms. The molecule has 11 heteroatoms. The monoisotopic (exact) mass is 656 g/mol. The van der Waals surface area contributed by atoms with Crippen molar-refractivity contribution < 1.29 is 24.0 Å². The molecule has 11 nitrogen and oxygen atoms in total. The van der Waals surface area contributed by atoms with Gasteiger partial charge in [-0.1, -0.05) is 56.3 Å². The molecule has 4 N–H and O–H groups in total. The van der Waals surface area contributed by atoms with Crippen LogP contribution in [0, 0.1) is 26.7 Å². The lowest BCUT2D eigenvalue weighted by Crippen LogP contribution is -2.58. The molecule has 2 aromatic carbocycles. The lowest BCUT2D eigenvalue weighted by Gasteiger charge is -2.31. The van der Waals surface area contributed by atoms with Gasteiger partial charge in [0.1, 0.15) is 18.1 Å². The van der Waals surface area contributed by atoms with Crippen LogP contribution in [0.15, 0.2) is 42.5 Å².